The number of carbonyl (C=O) groups is 2. The van der Waals surface area contributed by atoms with Gasteiger partial charge in [-0.1, -0.05) is 35.0 Å². The zero-order valence-electron chi connectivity index (χ0n) is 20.0. The molecule has 0 bridgehead atoms. The lowest BCUT2D eigenvalue weighted by molar-refractivity contribution is -0.118. The number of carbonyl (C=O) groups excluding carboxylic acids is 2. The van der Waals surface area contributed by atoms with Gasteiger partial charge in [0.15, 0.2) is 0 Å². The fourth-order valence-corrected chi connectivity index (χ4v) is 3.79. The lowest BCUT2D eigenvalue weighted by atomic mass is 10.1. The number of hydrogen-bond acceptors (Lipinski definition) is 6. The van der Waals surface area contributed by atoms with Crippen molar-refractivity contribution in [3.63, 3.8) is 0 Å². The smallest absolute Gasteiger partial charge is 0.275 e. The fourth-order valence-electron chi connectivity index (χ4n) is 3.43. The third kappa shape index (κ3) is 5.53. The van der Waals surface area contributed by atoms with E-state index in [1.165, 1.54) is 0 Å². The summed E-state index contributed by atoms with van der Waals surface area (Å²) in [5, 5.41) is 22.1. The number of rotatable bonds is 7. The Balaban J connectivity index is 1.88. The van der Waals surface area contributed by atoms with Gasteiger partial charge in [-0.25, -0.2) is 0 Å². The first kappa shape index (κ1) is 25.2. The summed E-state index contributed by atoms with van der Waals surface area (Å²) in [6.45, 7) is 7.92. The van der Waals surface area contributed by atoms with Crippen molar-refractivity contribution >= 4 is 39.1 Å². The van der Waals surface area contributed by atoms with Gasteiger partial charge in [-0.2, -0.15) is 0 Å². The van der Waals surface area contributed by atoms with Crippen LogP contribution in [0.1, 0.15) is 31.4 Å². The van der Waals surface area contributed by atoms with Crippen LogP contribution in [0.4, 0.5) is 11.4 Å². The molecule has 1 aliphatic rings. The van der Waals surface area contributed by atoms with Gasteiger partial charge in [0.05, 0.1) is 6.67 Å². The maximum atomic E-state index is 13.3. The van der Waals surface area contributed by atoms with Crippen LogP contribution in [0.25, 0.3) is 0 Å². The van der Waals surface area contributed by atoms with Crippen LogP contribution >= 0.6 is 15.9 Å². The second-order valence-electron chi connectivity index (χ2n) is 8.21. The van der Waals surface area contributed by atoms with Gasteiger partial charge in [0.25, 0.3) is 11.8 Å². The van der Waals surface area contributed by atoms with Crippen molar-refractivity contribution in [3.05, 3.63) is 74.8 Å². The first-order chi connectivity index (χ1) is 16.1. The van der Waals surface area contributed by atoms with Crippen LogP contribution in [0, 0.1) is 13.8 Å². The minimum atomic E-state index is -0.437. The molecule has 0 atom stereocenters. The zero-order valence-corrected chi connectivity index (χ0v) is 21.6. The van der Waals surface area contributed by atoms with E-state index in [1.807, 2.05) is 45.0 Å². The van der Waals surface area contributed by atoms with E-state index < -0.39 is 5.91 Å². The maximum absolute atomic E-state index is 13.3. The Hall–Kier alpha value is -3.46. The average molecular weight is 528 g/mol. The van der Waals surface area contributed by atoms with Gasteiger partial charge in [0.2, 0.25) is 0 Å². The molecule has 0 aromatic heterocycles. The van der Waals surface area contributed by atoms with E-state index in [0.29, 0.717) is 35.8 Å². The van der Waals surface area contributed by atoms with Crippen molar-refractivity contribution in [2.75, 3.05) is 24.3 Å². The molecule has 2 aromatic rings. The summed E-state index contributed by atoms with van der Waals surface area (Å²) in [6, 6.07) is 10.8. The standard InChI is InChI=1S/C25H30BrN5O3/c1-6-14(2)23(28-18-8-7-9-20(32)16(18)4)30-24(33)21-22(31(5)13-27-21)25(34)29-19-12-17(26)11-10-15(19)3/h7-12,27-28,32H,6,13H2,1-5H3,(H,29,34)(H,30,33)/b23-14-. The summed E-state index contributed by atoms with van der Waals surface area (Å²) >= 11 is 3.42. The van der Waals surface area contributed by atoms with E-state index in [1.54, 1.807) is 31.0 Å². The summed E-state index contributed by atoms with van der Waals surface area (Å²) in [5.41, 5.74) is 4.26. The van der Waals surface area contributed by atoms with Crippen LogP contribution < -0.4 is 21.3 Å². The minimum absolute atomic E-state index is 0.161. The third-order valence-electron chi connectivity index (χ3n) is 5.76. The molecule has 0 fully saturated rings. The van der Waals surface area contributed by atoms with Crippen molar-refractivity contribution in [1.82, 2.24) is 15.5 Å². The maximum Gasteiger partial charge on any atom is 0.275 e. The quantitative estimate of drug-likeness (QED) is 0.368. The van der Waals surface area contributed by atoms with Crippen molar-refractivity contribution < 1.29 is 14.7 Å². The largest absolute Gasteiger partial charge is 0.508 e. The summed E-state index contributed by atoms with van der Waals surface area (Å²) in [6.07, 6.45) is 0.697. The average Bonchev–Trinajstić information content (AvgIpc) is 3.19. The molecule has 2 amide bonds. The molecule has 1 aliphatic heterocycles. The van der Waals surface area contributed by atoms with E-state index in [2.05, 4.69) is 37.2 Å². The number of benzene rings is 2. The molecular weight excluding hydrogens is 498 g/mol. The number of nitrogens with one attached hydrogen (secondary N) is 4. The number of phenolic OH excluding ortho intramolecular Hbond substituents is 1. The van der Waals surface area contributed by atoms with Gasteiger partial charge in [0.1, 0.15) is 23.0 Å². The molecule has 2 aromatic carbocycles. The summed E-state index contributed by atoms with van der Waals surface area (Å²) < 4.78 is 0.844. The molecule has 5 N–H and O–H groups in total. The Bertz CT molecular complexity index is 1190. The molecule has 0 unspecified atom stereocenters. The van der Waals surface area contributed by atoms with Gasteiger partial charge < -0.3 is 31.3 Å². The van der Waals surface area contributed by atoms with E-state index in [4.69, 9.17) is 0 Å². The van der Waals surface area contributed by atoms with Crippen LogP contribution in [0.3, 0.4) is 0 Å². The van der Waals surface area contributed by atoms with Crippen molar-refractivity contribution in [2.24, 2.45) is 0 Å². The number of allylic oxidation sites excluding steroid dienone is 1. The predicted molar refractivity (Wildman–Crippen MR) is 138 cm³/mol. The SMILES string of the molecule is CC/C(C)=C(\NC(=O)C1=C(C(=O)Nc2cc(Br)ccc2C)N(C)CN1)Nc1cccc(O)c1C. The highest BCUT2D eigenvalue weighted by molar-refractivity contribution is 9.10. The molecule has 34 heavy (non-hydrogen) atoms. The second kappa shape index (κ2) is 10.6. The summed E-state index contributed by atoms with van der Waals surface area (Å²) in [4.78, 5) is 28.1. The summed E-state index contributed by atoms with van der Waals surface area (Å²) in [5.74, 6) is -0.150. The number of aryl methyl sites for hydroxylation is 1. The van der Waals surface area contributed by atoms with Gasteiger partial charge in [-0.15, -0.1) is 0 Å². The van der Waals surface area contributed by atoms with Crippen LogP contribution in [-0.2, 0) is 9.59 Å². The van der Waals surface area contributed by atoms with E-state index >= 15 is 0 Å². The number of amides is 2. The Kier molecular flexibility index (Phi) is 7.88. The normalized spacial score (nSPS) is 13.9. The van der Waals surface area contributed by atoms with Gasteiger partial charge in [-0.3, -0.25) is 9.59 Å². The zero-order chi connectivity index (χ0) is 25.0. The molecule has 0 spiro atoms. The molecule has 0 radical (unpaired) electrons. The summed E-state index contributed by atoms with van der Waals surface area (Å²) in [7, 11) is 1.75. The number of nitrogens with zero attached hydrogens (tertiary/aromatic N) is 1. The molecule has 0 aliphatic carbocycles. The number of aromatic hydroxyl groups is 1. The van der Waals surface area contributed by atoms with Crippen LogP contribution in [0.2, 0.25) is 0 Å². The monoisotopic (exact) mass is 527 g/mol. The van der Waals surface area contributed by atoms with Crippen molar-refractivity contribution in [1.29, 1.82) is 0 Å². The van der Waals surface area contributed by atoms with Crippen LogP contribution in [-0.4, -0.2) is 35.5 Å². The first-order valence-electron chi connectivity index (χ1n) is 11.0. The molecule has 0 saturated carbocycles. The Labute approximate surface area is 208 Å². The molecule has 3 rings (SSSR count). The molecule has 180 valence electrons. The molecule has 8 nitrogen and oxygen atoms in total. The highest BCUT2D eigenvalue weighted by Gasteiger charge is 2.30. The minimum Gasteiger partial charge on any atom is -0.508 e. The highest BCUT2D eigenvalue weighted by atomic mass is 79.9. The number of anilines is 2. The van der Waals surface area contributed by atoms with E-state index in [9.17, 15) is 14.7 Å². The van der Waals surface area contributed by atoms with Crippen molar-refractivity contribution in [3.8, 4) is 5.75 Å². The van der Waals surface area contributed by atoms with Gasteiger partial charge >= 0.3 is 0 Å². The molecule has 0 saturated heterocycles. The number of likely N-dealkylation sites (N-methyl/N-ethyl adjacent to an activating group) is 1. The van der Waals surface area contributed by atoms with Crippen LogP contribution in [0.15, 0.2) is 63.7 Å². The predicted octanol–water partition coefficient (Wildman–Crippen LogP) is 4.28. The number of phenols is 1. The van der Waals surface area contributed by atoms with Gasteiger partial charge in [0, 0.05) is 28.5 Å². The lowest BCUT2D eigenvalue weighted by Crippen LogP contribution is -2.34. The molecule has 9 heteroatoms. The highest BCUT2D eigenvalue weighted by Crippen LogP contribution is 2.26. The number of halogens is 1. The Morgan fingerprint density at radius 3 is 2.56 bits per heavy atom. The molecule has 1 heterocycles. The molecular formula is C25H30BrN5O3. The van der Waals surface area contributed by atoms with Gasteiger partial charge in [-0.05, 0) is 62.6 Å². The second-order valence-corrected chi connectivity index (χ2v) is 9.12. The van der Waals surface area contributed by atoms with E-state index in [0.717, 1.165) is 15.6 Å². The Morgan fingerprint density at radius 2 is 1.85 bits per heavy atom. The third-order valence-corrected chi connectivity index (χ3v) is 6.26. The fraction of sp³-hybridized carbons (Fsp3) is 0.280. The topological polar surface area (TPSA) is 106 Å². The van der Waals surface area contributed by atoms with Crippen LogP contribution in [0.5, 0.6) is 5.75 Å². The number of hydrogen-bond donors (Lipinski definition) is 5. The van der Waals surface area contributed by atoms with Crippen molar-refractivity contribution in [2.45, 2.75) is 34.1 Å². The lowest BCUT2D eigenvalue weighted by Gasteiger charge is -2.19. The first-order valence-corrected chi connectivity index (χ1v) is 11.7. The Morgan fingerprint density at radius 1 is 1.12 bits per heavy atom. The van der Waals surface area contributed by atoms with E-state index in [-0.39, 0.29) is 23.1 Å².